The van der Waals surface area contributed by atoms with Crippen LogP contribution >= 0.6 is 35.0 Å². The molecule has 3 aromatic rings. The molecular formula is C22H14Cl2N2O4S. The van der Waals surface area contributed by atoms with Crippen LogP contribution in [0.5, 0.6) is 0 Å². The highest BCUT2D eigenvalue weighted by Crippen LogP contribution is 2.34. The van der Waals surface area contributed by atoms with Gasteiger partial charge in [0.15, 0.2) is 5.17 Å². The Labute approximate surface area is 191 Å². The third kappa shape index (κ3) is 4.69. The Hall–Kier alpha value is -3.00. The fraction of sp³-hybridized carbons (Fsp3) is 0.0455. The first-order chi connectivity index (χ1) is 14.8. The molecule has 156 valence electrons. The molecule has 0 aliphatic carbocycles. The van der Waals surface area contributed by atoms with Gasteiger partial charge < -0.3 is 14.8 Å². The summed E-state index contributed by atoms with van der Waals surface area (Å²) in [5.41, 5.74) is 2.04. The number of aryl methyl sites for hydroxylation is 1. The first-order valence-corrected chi connectivity index (χ1v) is 10.6. The SMILES string of the molecule is Cc1ccc(C(=O)O)cc1N=C1NC(=O)/C(=C\c2ccc(-c3cc(Cl)ccc3Cl)o2)S1. The van der Waals surface area contributed by atoms with E-state index in [-0.39, 0.29) is 11.5 Å². The zero-order valence-corrected chi connectivity index (χ0v) is 18.3. The maximum atomic E-state index is 12.4. The largest absolute Gasteiger partial charge is 0.478 e. The minimum absolute atomic E-state index is 0.123. The Balaban J connectivity index is 1.59. The fourth-order valence-corrected chi connectivity index (χ4v) is 4.04. The average molecular weight is 473 g/mol. The van der Waals surface area contributed by atoms with Gasteiger partial charge in [-0.3, -0.25) is 4.79 Å². The van der Waals surface area contributed by atoms with Crippen LogP contribution in [0.3, 0.4) is 0 Å². The van der Waals surface area contributed by atoms with E-state index >= 15 is 0 Å². The molecule has 31 heavy (non-hydrogen) atoms. The number of thioether (sulfide) groups is 1. The van der Waals surface area contributed by atoms with Gasteiger partial charge >= 0.3 is 5.97 Å². The van der Waals surface area contributed by atoms with Crippen molar-refractivity contribution in [2.75, 3.05) is 0 Å². The number of furan rings is 1. The van der Waals surface area contributed by atoms with Gasteiger partial charge in [0.05, 0.1) is 21.2 Å². The molecular weight excluding hydrogens is 459 g/mol. The van der Waals surface area contributed by atoms with E-state index in [0.717, 1.165) is 17.3 Å². The molecule has 0 spiro atoms. The number of hydrogen-bond acceptors (Lipinski definition) is 5. The maximum absolute atomic E-state index is 12.4. The van der Waals surface area contributed by atoms with E-state index in [0.29, 0.717) is 42.9 Å². The molecule has 0 atom stereocenters. The second-order valence-electron chi connectivity index (χ2n) is 6.61. The number of benzene rings is 2. The van der Waals surface area contributed by atoms with Crippen LogP contribution in [0.25, 0.3) is 17.4 Å². The van der Waals surface area contributed by atoms with Crippen molar-refractivity contribution in [1.82, 2.24) is 5.32 Å². The predicted octanol–water partition coefficient (Wildman–Crippen LogP) is 6.15. The van der Waals surface area contributed by atoms with Gasteiger partial charge in [-0.25, -0.2) is 9.79 Å². The van der Waals surface area contributed by atoms with Crippen LogP contribution < -0.4 is 5.32 Å². The Morgan fingerprint density at radius 3 is 2.74 bits per heavy atom. The zero-order chi connectivity index (χ0) is 22.1. The topological polar surface area (TPSA) is 91.9 Å². The summed E-state index contributed by atoms with van der Waals surface area (Å²) in [6.07, 6.45) is 1.60. The van der Waals surface area contributed by atoms with Gasteiger partial charge in [-0.1, -0.05) is 29.3 Å². The number of aliphatic imine (C=N–C) groups is 1. The summed E-state index contributed by atoms with van der Waals surface area (Å²) in [5, 5.41) is 13.2. The van der Waals surface area contributed by atoms with E-state index in [1.807, 2.05) is 6.92 Å². The van der Waals surface area contributed by atoms with Crippen LogP contribution in [0.1, 0.15) is 21.7 Å². The van der Waals surface area contributed by atoms with Crippen molar-refractivity contribution in [3.8, 4) is 11.3 Å². The smallest absolute Gasteiger partial charge is 0.335 e. The molecule has 9 heteroatoms. The van der Waals surface area contributed by atoms with Crippen LogP contribution in [-0.2, 0) is 4.79 Å². The minimum Gasteiger partial charge on any atom is -0.478 e. The molecule has 0 bridgehead atoms. The molecule has 0 unspecified atom stereocenters. The zero-order valence-electron chi connectivity index (χ0n) is 16.0. The number of amides is 1. The summed E-state index contributed by atoms with van der Waals surface area (Å²) in [7, 11) is 0. The summed E-state index contributed by atoms with van der Waals surface area (Å²) < 4.78 is 5.81. The molecule has 0 radical (unpaired) electrons. The van der Waals surface area contributed by atoms with Crippen molar-refractivity contribution in [2.24, 2.45) is 4.99 Å². The number of hydrogen-bond donors (Lipinski definition) is 2. The highest BCUT2D eigenvalue weighted by Gasteiger charge is 2.25. The minimum atomic E-state index is -1.04. The number of rotatable bonds is 4. The van der Waals surface area contributed by atoms with E-state index in [9.17, 15) is 9.59 Å². The lowest BCUT2D eigenvalue weighted by atomic mass is 10.1. The van der Waals surface area contributed by atoms with Gasteiger partial charge in [-0.15, -0.1) is 0 Å². The average Bonchev–Trinajstić information content (AvgIpc) is 3.32. The molecule has 4 rings (SSSR count). The Bertz CT molecular complexity index is 1280. The maximum Gasteiger partial charge on any atom is 0.335 e. The number of nitrogens with zero attached hydrogens (tertiary/aromatic N) is 1. The van der Waals surface area contributed by atoms with Gasteiger partial charge in [0.25, 0.3) is 5.91 Å². The standard InChI is InChI=1S/C22H14Cl2N2O4S/c1-11-2-3-12(21(28)29)8-17(11)25-22-26-20(27)19(31-22)10-14-5-7-18(30-14)15-9-13(23)4-6-16(15)24/h2-10H,1H3,(H,28,29)(H,25,26,27)/b19-10+. The molecule has 2 N–H and O–H groups in total. The number of carbonyl (C=O) groups is 2. The first-order valence-electron chi connectivity index (χ1n) is 8.99. The summed E-state index contributed by atoms with van der Waals surface area (Å²) in [5.74, 6) is -0.375. The van der Waals surface area contributed by atoms with Crippen molar-refractivity contribution < 1.29 is 19.1 Å². The van der Waals surface area contributed by atoms with Gasteiger partial charge in [0.2, 0.25) is 0 Å². The van der Waals surface area contributed by atoms with Gasteiger partial charge in [0.1, 0.15) is 11.5 Å². The second kappa shape index (κ2) is 8.63. The number of carboxylic acids is 1. The van der Waals surface area contributed by atoms with Crippen molar-refractivity contribution in [1.29, 1.82) is 0 Å². The normalized spacial score (nSPS) is 16.2. The third-order valence-electron chi connectivity index (χ3n) is 4.42. The van der Waals surface area contributed by atoms with E-state index in [1.165, 1.54) is 12.1 Å². The van der Waals surface area contributed by atoms with Gasteiger partial charge in [-0.2, -0.15) is 0 Å². The van der Waals surface area contributed by atoms with Crippen molar-refractivity contribution in [3.05, 3.63) is 80.4 Å². The van der Waals surface area contributed by atoms with E-state index < -0.39 is 5.97 Å². The number of nitrogens with one attached hydrogen (secondary N) is 1. The molecule has 0 saturated carbocycles. The number of aromatic carboxylic acids is 1. The molecule has 1 aromatic heterocycles. The second-order valence-corrected chi connectivity index (χ2v) is 8.49. The molecule has 6 nitrogen and oxygen atoms in total. The van der Waals surface area contributed by atoms with E-state index in [1.54, 1.807) is 42.5 Å². The summed E-state index contributed by atoms with van der Waals surface area (Å²) in [6, 6.07) is 13.2. The summed E-state index contributed by atoms with van der Waals surface area (Å²) in [4.78, 5) is 28.3. The number of carbonyl (C=O) groups excluding carboxylic acids is 1. The lowest BCUT2D eigenvalue weighted by Gasteiger charge is -2.03. The van der Waals surface area contributed by atoms with Crippen LogP contribution in [-0.4, -0.2) is 22.2 Å². The Morgan fingerprint density at radius 1 is 1.16 bits per heavy atom. The van der Waals surface area contributed by atoms with Crippen LogP contribution in [0.15, 0.2) is 62.8 Å². The van der Waals surface area contributed by atoms with Crippen molar-refractivity contribution >= 4 is 63.8 Å². The van der Waals surface area contributed by atoms with Gasteiger partial charge in [0, 0.05) is 16.7 Å². The Morgan fingerprint density at radius 2 is 1.97 bits per heavy atom. The monoisotopic (exact) mass is 472 g/mol. The quantitative estimate of drug-likeness (QED) is 0.444. The third-order valence-corrected chi connectivity index (χ3v) is 5.90. The molecule has 1 aliphatic heterocycles. The van der Waals surface area contributed by atoms with Crippen LogP contribution in [0.4, 0.5) is 5.69 Å². The lowest BCUT2D eigenvalue weighted by molar-refractivity contribution is -0.115. The van der Waals surface area contributed by atoms with Crippen LogP contribution in [0, 0.1) is 6.92 Å². The summed E-state index contributed by atoms with van der Waals surface area (Å²) in [6.45, 7) is 1.81. The number of halogens is 2. The van der Waals surface area contributed by atoms with Crippen LogP contribution in [0.2, 0.25) is 10.0 Å². The predicted molar refractivity (Wildman–Crippen MR) is 123 cm³/mol. The van der Waals surface area contributed by atoms with Crippen molar-refractivity contribution in [3.63, 3.8) is 0 Å². The van der Waals surface area contributed by atoms with E-state index in [4.69, 9.17) is 32.7 Å². The highest BCUT2D eigenvalue weighted by atomic mass is 35.5. The molecule has 1 fully saturated rings. The lowest BCUT2D eigenvalue weighted by Crippen LogP contribution is -2.19. The molecule has 1 aliphatic rings. The molecule has 2 heterocycles. The number of carboxylic acid groups (broad SMARTS) is 1. The molecule has 2 aromatic carbocycles. The Kier molecular flexibility index (Phi) is 5.91. The summed E-state index contributed by atoms with van der Waals surface area (Å²) >= 11 is 13.4. The fourth-order valence-electron chi connectivity index (χ4n) is 2.84. The first kappa shape index (κ1) is 21.2. The molecule has 1 amide bonds. The van der Waals surface area contributed by atoms with Gasteiger partial charge in [-0.05, 0) is 66.7 Å². The number of amidine groups is 1. The van der Waals surface area contributed by atoms with Crippen molar-refractivity contribution in [2.45, 2.75) is 6.92 Å². The van der Waals surface area contributed by atoms with E-state index in [2.05, 4.69) is 10.3 Å². The molecule has 1 saturated heterocycles. The highest BCUT2D eigenvalue weighted by molar-refractivity contribution is 8.18.